The molecule has 1 aromatic carbocycles. The lowest BCUT2D eigenvalue weighted by atomic mass is 10.1. The Hall–Kier alpha value is -2.63. The Morgan fingerprint density at radius 1 is 1.38 bits per heavy atom. The molecule has 6 heteroatoms. The van der Waals surface area contributed by atoms with Crippen molar-refractivity contribution >= 4 is 23.1 Å². The summed E-state index contributed by atoms with van der Waals surface area (Å²) in [6.07, 6.45) is 2.15. The highest BCUT2D eigenvalue weighted by molar-refractivity contribution is 6.07. The minimum absolute atomic E-state index is 0.0543. The molecule has 0 aliphatic heterocycles. The van der Waals surface area contributed by atoms with Gasteiger partial charge in [-0.25, -0.2) is 0 Å². The molecule has 4 N–H and O–H groups in total. The van der Waals surface area contributed by atoms with Crippen LogP contribution in [0.2, 0.25) is 0 Å². The molecule has 0 atom stereocenters. The maximum absolute atomic E-state index is 12.2. The summed E-state index contributed by atoms with van der Waals surface area (Å²) in [5.41, 5.74) is 8.51. The number of ketones is 1. The highest BCUT2D eigenvalue weighted by Crippen LogP contribution is 2.42. The second-order valence-corrected chi connectivity index (χ2v) is 5.26. The first kappa shape index (κ1) is 13.4. The Kier molecular flexibility index (Phi) is 3.21. The van der Waals surface area contributed by atoms with Crippen molar-refractivity contribution in [1.29, 1.82) is 0 Å². The van der Waals surface area contributed by atoms with Crippen LogP contribution in [0.15, 0.2) is 24.3 Å². The average Bonchev–Trinajstić information content (AvgIpc) is 3.22. The number of hydrogen-bond donors (Lipinski definition) is 3. The SMILES string of the molecule is CC(=O)c1cccc(NC(=O)c2n[nH]c(C3CC3)c2N)c1. The fraction of sp³-hybridized carbons (Fsp3) is 0.267. The van der Waals surface area contributed by atoms with Crippen molar-refractivity contribution in [2.45, 2.75) is 25.7 Å². The largest absolute Gasteiger partial charge is 0.395 e. The molecule has 1 aliphatic rings. The van der Waals surface area contributed by atoms with E-state index >= 15 is 0 Å². The van der Waals surface area contributed by atoms with E-state index in [-0.39, 0.29) is 17.4 Å². The highest BCUT2D eigenvalue weighted by Gasteiger charge is 2.30. The molecule has 0 spiro atoms. The minimum atomic E-state index is -0.378. The van der Waals surface area contributed by atoms with E-state index in [1.807, 2.05) is 0 Å². The van der Waals surface area contributed by atoms with Gasteiger partial charge in [-0.3, -0.25) is 14.7 Å². The number of rotatable bonds is 4. The van der Waals surface area contributed by atoms with E-state index in [1.165, 1.54) is 6.92 Å². The molecule has 0 unspecified atom stereocenters. The molecule has 1 saturated carbocycles. The molecule has 1 aliphatic carbocycles. The maximum Gasteiger partial charge on any atom is 0.278 e. The first-order valence-electron chi connectivity index (χ1n) is 6.82. The molecule has 0 bridgehead atoms. The van der Waals surface area contributed by atoms with E-state index in [0.29, 0.717) is 22.9 Å². The van der Waals surface area contributed by atoms with Gasteiger partial charge in [0.2, 0.25) is 0 Å². The highest BCUT2D eigenvalue weighted by atomic mass is 16.2. The molecule has 21 heavy (non-hydrogen) atoms. The second kappa shape index (κ2) is 5.05. The fourth-order valence-electron chi connectivity index (χ4n) is 2.23. The van der Waals surface area contributed by atoms with Crippen molar-refractivity contribution in [3.05, 3.63) is 41.2 Å². The molecule has 1 aromatic heterocycles. The van der Waals surface area contributed by atoms with Crippen LogP contribution in [0.1, 0.15) is 52.2 Å². The normalized spacial score (nSPS) is 14.0. The number of aromatic amines is 1. The molecule has 0 saturated heterocycles. The number of carbonyl (C=O) groups excluding carboxylic acids is 2. The zero-order valence-electron chi connectivity index (χ0n) is 11.6. The molecular weight excluding hydrogens is 268 g/mol. The smallest absolute Gasteiger partial charge is 0.278 e. The zero-order valence-corrected chi connectivity index (χ0v) is 11.6. The number of nitrogens with zero attached hydrogens (tertiary/aromatic N) is 1. The van der Waals surface area contributed by atoms with Gasteiger partial charge in [0.1, 0.15) is 0 Å². The number of nitrogens with two attached hydrogens (primary N) is 1. The second-order valence-electron chi connectivity index (χ2n) is 5.26. The van der Waals surface area contributed by atoms with Crippen LogP contribution in [-0.4, -0.2) is 21.9 Å². The van der Waals surface area contributed by atoms with Crippen molar-refractivity contribution in [3.63, 3.8) is 0 Å². The monoisotopic (exact) mass is 284 g/mol. The van der Waals surface area contributed by atoms with E-state index in [9.17, 15) is 9.59 Å². The van der Waals surface area contributed by atoms with E-state index in [2.05, 4.69) is 15.5 Å². The van der Waals surface area contributed by atoms with Crippen molar-refractivity contribution < 1.29 is 9.59 Å². The minimum Gasteiger partial charge on any atom is -0.395 e. The van der Waals surface area contributed by atoms with Gasteiger partial charge in [-0.05, 0) is 31.9 Å². The summed E-state index contributed by atoms with van der Waals surface area (Å²) in [5.74, 6) is -0.0298. The van der Waals surface area contributed by atoms with Gasteiger partial charge in [-0.1, -0.05) is 12.1 Å². The molecule has 3 rings (SSSR count). The first-order chi connectivity index (χ1) is 10.1. The van der Waals surface area contributed by atoms with E-state index in [4.69, 9.17) is 5.73 Å². The molecule has 2 aromatic rings. The lowest BCUT2D eigenvalue weighted by molar-refractivity contribution is 0.100. The van der Waals surface area contributed by atoms with Crippen molar-refractivity contribution in [2.24, 2.45) is 0 Å². The average molecular weight is 284 g/mol. The number of hydrogen-bond acceptors (Lipinski definition) is 4. The van der Waals surface area contributed by atoms with Gasteiger partial charge < -0.3 is 11.1 Å². The van der Waals surface area contributed by atoms with Crippen molar-refractivity contribution in [1.82, 2.24) is 10.2 Å². The summed E-state index contributed by atoms with van der Waals surface area (Å²) in [6, 6.07) is 6.77. The Labute approximate surface area is 121 Å². The Morgan fingerprint density at radius 3 is 2.81 bits per heavy atom. The van der Waals surface area contributed by atoms with E-state index in [0.717, 1.165) is 18.5 Å². The summed E-state index contributed by atoms with van der Waals surface area (Å²) in [5, 5.41) is 9.56. The molecule has 108 valence electrons. The Morgan fingerprint density at radius 2 is 2.14 bits per heavy atom. The zero-order chi connectivity index (χ0) is 15.0. The predicted molar refractivity (Wildman–Crippen MR) is 79.4 cm³/mol. The quantitative estimate of drug-likeness (QED) is 0.750. The fourth-order valence-corrected chi connectivity index (χ4v) is 2.23. The number of carbonyl (C=O) groups is 2. The van der Waals surface area contributed by atoms with Crippen LogP contribution in [-0.2, 0) is 0 Å². The topological polar surface area (TPSA) is 101 Å². The van der Waals surface area contributed by atoms with Crippen LogP contribution in [0.4, 0.5) is 11.4 Å². The van der Waals surface area contributed by atoms with Crippen LogP contribution >= 0.6 is 0 Å². The van der Waals surface area contributed by atoms with Crippen molar-refractivity contribution in [2.75, 3.05) is 11.1 Å². The van der Waals surface area contributed by atoms with Crippen LogP contribution < -0.4 is 11.1 Å². The van der Waals surface area contributed by atoms with Gasteiger partial charge in [0.25, 0.3) is 5.91 Å². The molecule has 1 fully saturated rings. The third-order valence-corrected chi connectivity index (χ3v) is 3.56. The number of H-pyrrole nitrogens is 1. The Bertz CT molecular complexity index is 716. The summed E-state index contributed by atoms with van der Waals surface area (Å²) < 4.78 is 0. The molecular formula is C15H16N4O2. The number of benzene rings is 1. The van der Waals surface area contributed by atoms with Crippen LogP contribution in [0, 0.1) is 0 Å². The Balaban J connectivity index is 1.80. The molecule has 6 nitrogen and oxygen atoms in total. The van der Waals surface area contributed by atoms with Gasteiger partial charge in [0, 0.05) is 17.2 Å². The van der Waals surface area contributed by atoms with Gasteiger partial charge in [-0.15, -0.1) is 0 Å². The molecule has 1 amide bonds. The number of nitrogen functional groups attached to an aromatic ring is 1. The van der Waals surface area contributed by atoms with E-state index in [1.54, 1.807) is 24.3 Å². The molecule has 0 radical (unpaired) electrons. The lowest BCUT2D eigenvalue weighted by Crippen LogP contribution is -2.14. The number of amides is 1. The summed E-state index contributed by atoms with van der Waals surface area (Å²) in [7, 11) is 0. The summed E-state index contributed by atoms with van der Waals surface area (Å²) in [6.45, 7) is 1.48. The van der Waals surface area contributed by atoms with Gasteiger partial charge in [0.15, 0.2) is 11.5 Å². The van der Waals surface area contributed by atoms with E-state index < -0.39 is 0 Å². The van der Waals surface area contributed by atoms with Crippen molar-refractivity contribution in [3.8, 4) is 0 Å². The van der Waals surface area contributed by atoms with Gasteiger partial charge >= 0.3 is 0 Å². The number of nitrogens with one attached hydrogen (secondary N) is 2. The number of aromatic nitrogens is 2. The van der Waals surface area contributed by atoms with Crippen LogP contribution in [0.25, 0.3) is 0 Å². The first-order valence-corrected chi connectivity index (χ1v) is 6.82. The number of anilines is 2. The maximum atomic E-state index is 12.2. The predicted octanol–water partition coefficient (Wildman–Crippen LogP) is 2.32. The van der Waals surface area contributed by atoms with Crippen LogP contribution in [0.3, 0.4) is 0 Å². The van der Waals surface area contributed by atoms with Gasteiger partial charge in [0.05, 0.1) is 11.4 Å². The standard InChI is InChI=1S/C15H16N4O2/c1-8(20)10-3-2-4-11(7-10)17-15(21)14-12(16)13(18-19-14)9-5-6-9/h2-4,7,9H,5-6,16H2,1H3,(H,17,21)(H,18,19). The summed E-state index contributed by atoms with van der Waals surface area (Å²) in [4.78, 5) is 23.6. The summed E-state index contributed by atoms with van der Waals surface area (Å²) >= 11 is 0. The number of Topliss-reactive ketones (excluding diaryl/α,β-unsaturated/α-hetero) is 1. The third kappa shape index (κ3) is 2.65. The molecule has 1 heterocycles. The third-order valence-electron chi connectivity index (χ3n) is 3.56. The van der Waals surface area contributed by atoms with Gasteiger partial charge in [-0.2, -0.15) is 5.10 Å². The lowest BCUT2D eigenvalue weighted by Gasteiger charge is -2.05. The van der Waals surface area contributed by atoms with Crippen LogP contribution in [0.5, 0.6) is 0 Å².